The summed E-state index contributed by atoms with van der Waals surface area (Å²) in [5.74, 6) is 1.19. The molecule has 0 spiro atoms. The van der Waals surface area contributed by atoms with Gasteiger partial charge in [0.25, 0.3) is 0 Å². The highest BCUT2D eigenvalue weighted by atomic mass is 35.5. The van der Waals surface area contributed by atoms with Gasteiger partial charge < -0.3 is 19.7 Å². The number of carbonyl (C=O) groups excluding carboxylic acids is 2. The van der Waals surface area contributed by atoms with Crippen molar-refractivity contribution in [3.05, 3.63) is 58.6 Å². The zero-order valence-electron chi connectivity index (χ0n) is 23.6. The second kappa shape index (κ2) is 10.1. The molecule has 212 valence electrons. The number of aliphatic imine (C=N–C) groups is 1. The van der Waals surface area contributed by atoms with Gasteiger partial charge in [-0.15, -0.1) is 0 Å². The van der Waals surface area contributed by atoms with Gasteiger partial charge in [-0.3, -0.25) is 9.79 Å². The van der Waals surface area contributed by atoms with Gasteiger partial charge in [-0.05, 0) is 95.0 Å². The van der Waals surface area contributed by atoms with Crippen LogP contribution in [0, 0.1) is 11.8 Å². The summed E-state index contributed by atoms with van der Waals surface area (Å²) in [5, 5.41) is 5.82. The molecule has 3 aliphatic heterocycles. The SMILES string of the molecule is COC(=O)N[C@H](C(=O)N1[C@H](C2=Nc3ccc4cc5c(cc4c3C2)COc2cc(Cl)ccc2-5)CC2CCC[C@@H]21)C(C)C. The van der Waals surface area contributed by atoms with Gasteiger partial charge in [0, 0.05) is 28.8 Å². The first-order valence-corrected chi connectivity index (χ1v) is 15.0. The molecule has 1 saturated heterocycles. The van der Waals surface area contributed by atoms with E-state index in [9.17, 15) is 9.59 Å². The summed E-state index contributed by atoms with van der Waals surface area (Å²) in [5.41, 5.74) is 6.61. The molecule has 4 atom stereocenters. The maximum Gasteiger partial charge on any atom is 0.407 e. The van der Waals surface area contributed by atoms with Crippen molar-refractivity contribution in [2.45, 2.75) is 70.7 Å². The minimum Gasteiger partial charge on any atom is -0.488 e. The minimum atomic E-state index is -0.640. The number of fused-ring (bicyclic) bond motifs is 7. The van der Waals surface area contributed by atoms with E-state index in [4.69, 9.17) is 26.1 Å². The summed E-state index contributed by atoms with van der Waals surface area (Å²) in [7, 11) is 1.33. The lowest BCUT2D eigenvalue weighted by molar-refractivity contribution is -0.136. The molecular formula is C33H34ClN3O4. The van der Waals surface area contributed by atoms with Crippen LogP contribution in [0.15, 0.2) is 47.5 Å². The Morgan fingerprint density at radius 3 is 2.78 bits per heavy atom. The van der Waals surface area contributed by atoms with Crippen LogP contribution in [0.5, 0.6) is 5.75 Å². The number of nitrogens with one attached hydrogen (secondary N) is 1. The summed E-state index contributed by atoms with van der Waals surface area (Å²) in [6, 6.07) is 14.0. The molecule has 0 radical (unpaired) electrons. The number of halogens is 1. The number of amides is 2. The van der Waals surface area contributed by atoms with Crippen LogP contribution >= 0.6 is 11.6 Å². The van der Waals surface area contributed by atoms with Crippen LogP contribution in [0.1, 0.15) is 50.7 Å². The summed E-state index contributed by atoms with van der Waals surface area (Å²) in [4.78, 5) is 33.4. The van der Waals surface area contributed by atoms with Gasteiger partial charge in [0.2, 0.25) is 5.91 Å². The molecular weight excluding hydrogens is 538 g/mol. The number of nitrogens with zero attached hydrogens (tertiary/aromatic N) is 2. The summed E-state index contributed by atoms with van der Waals surface area (Å²) < 4.78 is 10.9. The smallest absolute Gasteiger partial charge is 0.407 e. The van der Waals surface area contributed by atoms with Crippen molar-refractivity contribution in [3.63, 3.8) is 0 Å². The van der Waals surface area contributed by atoms with E-state index >= 15 is 0 Å². The third-order valence-electron chi connectivity index (χ3n) is 9.44. The van der Waals surface area contributed by atoms with Gasteiger partial charge in [0.15, 0.2) is 0 Å². The van der Waals surface area contributed by atoms with Crippen LogP contribution in [0.2, 0.25) is 5.02 Å². The Kier molecular flexibility index (Phi) is 6.45. The van der Waals surface area contributed by atoms with Crippen molar-refractivity contribution in [1.82, 2.24) is 10.2 Å². The molecule has 0 bridgehead atoms. The predicted molar refractivity (Wildman–Crippen MR) is 160 cm³/mol. The molecule has 3 heterocycles. The molecule has 2 fully saturated rings. The minimum absolute atomic E-state index is 0.0294. The first-order valence-electron chi connectivity index (χ1n) is 14.6. The highest BCUT2D eigenvalue weighted by Crippen LogP contribution is 2.46. The van der Waals surface area contributed by atoms with Gasteiger partial charge >= 0.3 is 6.09 Å². The van der Waals surface area contributed by atoms with E-state index in [0.717, 1.165) is 54.0 Å². The molecule has 4 aliphatic rings. The normalized spacial score (nSPS) is 22.9. The standard InChI is InChI=1S/C33H34ClN3O4/c1-17(2)31(36-33(39)40-3)32(38)37-28-6-4-5-19(28)13-29(37)27-15-25-23-12-20-16-41-30-14-21(34)8-9-22(30)24(20)11-18(23)7-10-26(25)35-27/h7-12,14,17,19,28-29,31H,4-6,13,15-16H2,1-3H3,(H,36,39)/t19?,28-,29-,31-/m0/s1. The lowest BCUT2D eigenvalue weighted by Gasteiger charge is -2.34. The molecule has 7 nitrogen and oxygen atoms in total. The number of likely N-dealkylation sites (tertiary alicyclic amines) is 1. The number of rotatable bonds is 4. The fourth-order valence-corrected chi connectivity index (χ4v) is 7.62. The first-order chi connectivity index (χ1) is 19.8. The molecule has 3 aromatic rings. The van der Waals surface area contributed by atoms with Gasteiger partial charge in [-0.25, -0.2) is 4.79 Å². The lowest BCUT2D eigenvalue weighted by Crippen LogP contribution is -2.56. The van der Waals surface area contributed by atoms with Crippen molar-refractivity contribution in [3.8, 4) is 16.9 Å². The van der Waals surface area contributed by atoms with Crippen LogP contribution < -0.4 is 10.1 Å². The van der Waals surface area contributed by atoms with Crippen molar-refractivity contribution in [2.75, 3.05) is 7.11 Å². The van der Waals surface area contributed by atoms with E-state index in [2.05, 4.69) is 34.5 Å². The van der Waals surface area contributed by atoms with Crippen molar-refractivity contribution in [2.24, 2.45) is 16.8 Å². The fraction of sp³-hybridized carbons (Fsp3) is 0.424. The van der Waals surface area contributed by atoms with Crippen LogP contribution in [-0.4, -0.2) is 47.8 Å². The monoisotopic (exact) mass is 571 g/mol. The summed E-state index contributed by atoms with van der Waals surface area (Å²) in [6.45, 7) is 4.42. The Labute approximate surface area is 244 Å². The number of hydrogen-bond acceptors (Lipinski definition) is 5. The molecule has 1 unspecified atom stereocenters. The largest absolute Gasteiger partial charge is 0.488 e. The lowest BCUT2D eigenvalue weighted by atomic mass is 9.90. The average Bonchev–Trinajstić information content (AvgIpc) is 3.68. The average molecular weight is 572 g/mol. The predicted octanol–water partition coefficient (Wildman–Crippen LogP) is 6.83. The molecule has 41 heavy (non-hydrogen) atoms. The third-order valence-corrected chi connectivity index (χ3v) is 9.67. The van der Waals surface area contributed by atoms with Crippen molar-refractivity contribution >= 4 is 45.8 Å². The van der Waals surface area contributed by atoms with E-state index in [1.807, 2.05) is 32.0 Å². The Morgan fingerprint density at radius 1 is 1.12 bits per heavy atom. The van der Waals surface area contributed by atoms with Crippen LogP contribution in [0.3, 0.4) is 0 Å². The molecule has 1 N–H and O–H groups in total. The maximum absolute atomic E-state index is 14.1. The maximum atomic E-state index is 14.1. The number of methoxy groups -OCH3 is 1. The molecule has 3 aromatic carbocycles. The zero-order valence-corrected chi connectivity index (χ0v) is 24.3. The Balaban J connectivity index is 1.22. The number of hydrogen-bond donors (Lipinski definition) is 1. The topological polar surface area (TPSA) is 80.2 Å². The van der Waals surface area contributed by atoms with Crippen molar-refractivity contribution in [1.29, 1.82) is 0 Å². The van der Waals surface area contributed by atoms with Crippen LogP contribution in [0.25, 0.3) is 21.9 Å². The zero-order chi connectivity index (χ0) is 28.4. The number of ether oxygens (including phenoxy) is 2. The van der Waals surface area contributed by atoms with Crippen LogP contribution in [0.4, 0.5) is 10.5 Å². The van der Waals surface area contributed by atoms with E-state index in [1.165, 1.54) is 29.0 Å². The fourth-order valence-electron chi connectivity index (χ4n) is 7.45. The molecule has 1 aliphatic carbocycles. The molecule has 1 saturated carbocycles. The second-order valence-corrected chi connectivity index (χ2v) is 12.6. The van der Waals surface area contributed by atoms with E-state index in [-0.39, 0.29) is 23.9 Å². The number of carbonyl (C=O) groups is 2. The summed E-state index contributed by atoms with van der Waals surface area (Å²) in [6.07, 6.45) is 4.31. The Hall–Kier alpha value is -3.58. The first kappa shape index (κ1) is 26.3. The van der Waals surface area contributed by atoms with Gasteiger partial charge in [-0.1, -0.05) is 37.9 Å². The highest BCUT2D eigenvalue weighted by Gasteiger charge is 2.50. The van der Waals surface area contributed by atoms with Gasteiger partial charge in [-0.2, -0.15) is 0 Å². The third kappa shape index (κ3) is 4.37. The van der Waals surface area contributed by atoms with Gasteiger partial charge in [0.1, 0.15) is 18.4 Å². The number of alkyl carbamates (subject to hydrolysis) is 1. The Bertz CT molecular complexity index is 1620. The van der Waals surface area contributed by atoms with E-state index in [0.29, 0.717) is 24.0 Å². The van der Waals surface area contributed by atoms with Crippen LogP contribution in [-0.2, 0) is 22.6 Å². The van der Waals surface area contributed by atoms with E-state index in [1.54, 1.807) is 0 Å². The van der Waals surface area contributed by atoms with Crippen molar-refractivity contribution < 1.29 is 19.1 Å². The molecule has 2 amide bonds. The second-order valence-electron chi connectivity index (χ2n) is 12.1. The molecule has 0 aromatic heterocycles. The van der Waals surface area contributed by atoms with E-state index < -0.39 is 12.1 Å². The highest BCUT2D eigenvalue weighted by molar-refractivity contribution is 6.30. The quantitative estimate of drug-likeness (QED) is 0.372. The summed E-state index contributed by atoms with van der Waals surface area (Å²) >= 11 is 6.21. The number of benzene rings is 3. The molecule has 7 rings (SSSR count). The molecule has 8 heteroatoms. The van der Waals surface area contributed by atoms with Gasteiger partial charge in [0.05, 0.1) is 18.8 Å². The Morgan fingerprint density at radius 2 is 1.98 bits per heavy atom.